The molecule has 0 spiro atoms. The van der Waals surface area contributed by atoms with Crippen molar-refractivity contribution < 1.29 is 18.0 Å². The van der Waals surface area contributed by atoms with Crippen LogP contribution < -0.4 is 9.86 Å². The summed E-state index contributed by atoms with van der Waals surface area (Å²) >= 11 is 0. The summed E-state index contributed by atoms with van der Waals surface area (Å²) in [5.74, 6) is -0.879. The number of benzene rings is 1. The largest absolute Gasteiger partial charge is 0.296 e. The number of carbonyl (C=O) groups excluding carboxylic acids is 2. The van der Waals surface area contributed by atoms with Gasteiger partial charge in [-0.3, -0.25) is 19.2 Å². The molecule has 8 heteroatoms. The molecule has 1 aliphatic rings. The number of nitrogens with two attached hydrogens (primary N) is 1. The van der Waals surface area contributed by atoms with Crippen LogP contribution in [0, 0.1) is 0 Å². The van der Waals surface area contributed by atoms with Crippen molar-refractivity contribution in [2.24, 2.45) is 5.14 Å². The van der Waals surface area contributed by atoms with Crippen molar-refractivity contribution in [1.29, 1.82) is 0 Å². The number of hydrogen-bond donors (Lipinski definition) is 2. The first-order valence-electron chi connectivity index (χ1n) is 4.56. The molecule has 1 aromatic carbocycles. The second-order valence-corrected chi connectivity index (χ2v) is 4.87. The lowest BCUT2D eigenvalue weighted by Crippen LogP contribution is -2.24. The summed E-state index contributed by atoms with van der Waals surface area (Å²) in [5.41, 5.74) is 0.548. The first-order valence-corrected chi connectivity index (χ1v) is 6.11. The molecule has 1 aromatic rings. The van der Waals surface area contributed by atoms with Gasteiger partial charge in [-0.05, 0) is 18.2 Å². The van der Waals surface area contributed by atoms with Crippen molar-refractivity contribution >= 4 is 27.7 Å². The number of nitrogens with zero attached hydrogens (tertiary/aromatic N) is 1. The van der Waals surface area contributed by atoms with Gasteiger partial charge < -0.3 is 0 Å². The standard InChI is InChI=1S/C9H9N3O4S/c1-12-8(13)6-3-2-5(11-17(10,15)16)4-7(6)9(12)14/h2-4,11H,1H3,(H2,10,15,16). The number of nitrogens with one attached hydrogen (secondary N) is 1. The fourth-order valence-corrected chi connectivity index (χ4v) is 2.04. The normalized spacial score (nSPS) is 15.1. The molecule has 0 saturated heterocycles. The maximum atomic E-state index is 11.6. The fourth-order valence-electron chi connectivity index (χ4n) is 1.59. The second-order valence-electron chi connectivity index (χ2n) is 3.58. The molecule has 90 valence electrons. The molecule has 0 unspecified atom stereocenters. The molecular formula is C9H9N3O4S. The molecule has 0 bridgehead atoms. The van der Waals surface area contributed by atoms with Crippen molar-refractivity contribution in [2.45, 2.75) is 0 Å². The molecule has 0 aliphatic carbocycles. The van der Waals surface area contributed by atoms with Crippen LogP contribution >= 0.6 is 0 Å². The van der Waals surface area contributed by atoms with Crippen LogP contribution in [0.3, 0.4) is 0 Å². The Morgan fingerprint density at radius 3 is 2.35 bits per heavy atom. The predicted octanol–water partition coefficient (Wildman–Crippen LogP) is -0.472. The van der Waals surface area contributed by atoms with Gasteiger partial charge >= 0.3 is 0 Å². The third kappa shape index (κ3) is 1.99. The molecule has 1 heterocycles. The van der Waals surface area contributed by atoms with Gasteiger partial charge in [0.05, 0.1) is 16.8 Å². The highest BCUT2D eigenvalue weighted by Crippen LogP contribution is 2.24. The predicted molar refractivity (Wildman–Crippen MR) is 59.6 cm³/mol. The molecule has 2 rings (SSSR count). The average molecular weight is 255 g/mol. The third-order valence-corrected chi connectivity index (χ3v) is 2.87. The Morgan fingerprint density at radius 1 is 1.18 bits per heavy atom. The fraction of sp³-hybridized carbons (Fsp3) is 0.111. The van der Waals surface area contributed by atoms with Gasteiger partial charge in [-0.15, -0.1) is 0 Å². The zero-order valence-electron chi connectivity index (χ0n) is 8.80. The van der Waals surface area contributed by atoms with E-state index in [0.29, 0.717) is 0 Å². The Morgan fingerprint density at radius 2 is 1.76 bits per heavy atom. The smallest absolute Gasteiger partial charge is 0.277 e. The maximum absolute atomic E-state index is 11.6. The minimum Gasteiger partial charge on any atom is -0.277 e. The molecule has 0 atom stereocenters. The molecule has 0 saturated carbocycles. The third-order valence-electron chi connectivity index (χ3n) is 2.35. The van der Waals surface area contributed by atoms with Crippen molar-refractivity contribution in [3.63, 3.8) is 0 Å². The summed E-state index contributed by atoms with van der Waals surface area (Å²) in [6.45, 7) is 0. The molecule has 3 N–H and O–H groups in total. The Labute approximate surface area is 97.4 Å². The molecule has 7 nitrogen and oxygen atoms in total. The van der Waals surface area contributed by atoms with Crippen molar-refractivity contribution in [1.82, 2.24) is 4.90 Å². The minimum atomic E-state index is -3.90. The van der Waals surface area contributed by atoms with Crippen LogP contribution in [0.5, 0.6) is 0 Å². The first kappa shape index (κ1) is 11.6. The van der Waals surface area contributed by atoms with Crippen LogP contribution in [-0.4, -0.2) is 32.2 Å². The molecule has 0 radical (unpaired) electrons. The summed E-state index contributed by atoms with van der Waals surface area (Å²) in [7, 11) is -2.54. The molecule has 0 aromatic heterocycles. The summed E-state index contributed by atoms with van der Waals surface area (Å²) in [6.07, 6.45) is 0. The van der Waals surface area contributed by atoms with Gasteiger partial charge in [0.1, 0.15) is 0 Å². The van der Waals surface area contributed by atoms with Gasteiger partial charge in [-0.2, -0.15) is 8.42 Å². The van der Waals surface area contributed by atoms with E-state index in [1.165, 1.54) is 25.2 Å². The van der Waals surface area contributed by atoms with E-state index >= 15 is 0 Å². The number of hydrogen-bond acceptors (Lipinski definition) is 4. The number of amides is 2. The second kappa shape index (κ2) is 3.54. The highest BCUT2D eigenvalue weighted by Gasteiger charge is 2.32. The van der Waals surface area contributed by atoms with E-state index in [1.807, 2.05) is 4.72 Å². The van der Waals surface area contributed by atoms with E-state index < -0.39 is 22.0 Å². The highest BCUT2D eigenvalue weighted by molar-refractivity contribution is 7.90. The lowest BCUT2D eigenvalue weighted by molar-refractivity contribution is 0.0693. The van der Waals surface area contributed by atoms with Crippen molar-refractivity contribution in [3.05, 3.63) is 29.3 Å². The molecular weight excluding hydrogens is 246 g/mol. The Bertz CT molecular complexity index is 623. The Hall–Kier alpha value is -1.93. The highest BCUT2D eigenvalue weighted by atomic mass is 32.2. The van der Waals surface area contributed by atoms with Gasteiger partial charge in [-0.1, -0.05) is 0 Å². The van der Waals surface area contributed by atoms with Crippen LogP contribution in [0.1, 0.15) is 20.7 Å². The minimum absolute atomic E-state index is 0.141. The number of rotatable bonds is 2. The molecule has 1 aliphatic heterocycles. The van der Waals surface area contributed by atoms with Crippen molar-refractivity contribution in [2.75, 3.05) is 11.8 Å². The monoisotopic (exact) mass is 255 g/mol. The van der Waals surface area contributed by atoms with Crippen LogP contribution in [0.15, 0.2) is 18.2 Å². The average Bonchev–Trinajstić information content (AvgIpc) is 2.42. The summed E-state index contributed by atoms with van der Waals surface area (Å²) in [5, 5.41) is 4.80. The van der Waals surface area contributed by atoms with E-state index in [9.17, 15) is 18.0 Å². The van der Waals surface area contributed by atoms with Gasteiger partial charge in [0, 0.05) is 7.05 Å². The van der Waals surface area contributed by atoms with Gasteiger partial charge in [0.15, 0.2) is 0 Å². The van der Waals surface area contributed by atoms with Crippen LogP contribution in [0.25, 0.3) is 0 Å². The molecule has 0 fully saturated rings. The molecule has 2 amide bonds. The number of carbonyl (C=O) groups is 2. The topological polar surface area (TPSA) is 110 Å². The lowest BCUT2D eigenvalue weighted by Gasteiger charge is -2.04. The van der Waals surface area contributed by atoms with E-state index in [2.05, 4.69) is 0 Å². The van der Waals surface area contributed by atoms with E-state index in [-0.39, 0.29) is 16.8 Å². The SMILES string of the molecule is CN1C(=O)c2ccc(NS(N)(=O)=O)cc2C1=O. The van der Waals surface area contributed by atoms with Gasteiger partial charge in [0.25, 0.3) is 22.0 Å². The van der Waals surface area contributed by atoms with Crippen LogP contribution in [-0.2, 0) is 10.2 Å². The van der Waals surface area contributed by atoms with Crippen LogP contribution in [0.2, 0.25) is 0 Å². The summed E-state index contributed by atoms with van der Waals surface area (Å²) < 4.78 is 23.7. The lowest BCUT2D eigenvalue weighted by atomic mass is 10.1. The maximum Gasteiger partial charge on any atom is 0.296 e. The molecule has 17 heavy (non-hydrogen) atoms. The Balaban J connectivity index is 2.47. The van der Waals surface area contributed by atoms with E-state index in [1.54, 1.807) is 0 Å². The first-order chi connectivity index (χ1) is 7.79. The Kier molecular flexibility index (Phi) is 2.40. The van der Waals surface area contributed by atoms with Crippen LogP contribution in [0.4, 0.5) is 5.69 Å². The summed E-state index contributed by atoms with van der Waals surface area (Å²) in [6, 6.07) is 4.03. The van der Waals surface area contributed by atoms with Gasteiger partial charge in [0.2, 0.25) is 0 Å². The quantitative estimate of drug-likeness (QED) is 0.696. The number of fused-ring (bicyclic) bond motifs is 1. The van der Waals surface area contributed by atoms with E-state index in [0.717, 1.165) is 4.90 Å². The number of imide groups is 1. The summed E-state index contributed by atoms with van der Waals surface area (Å²) in [4.78, 5) is 24.1. The van der Waals surface area contributed by atoms with E-state index in [4.69, 9.17) is 5.14 Å². The van der Waals surface area contributed by atoms with Gasteiger partial charge in [-0.25, -0.2) is 5.14 Å². The zero-order valence-corrected chi connectivity index (χ0v) is 9.61. The zero-order chi connectivity index (χ0) is 12.8. The number of anilines is 1. The van der Waals surface area contributed by atoms with Crippen molar-refractivity contribution in [3.8, 4) is 0 Å².